The highest BCUT2D eigenvalue weighted by molar-refractivity contribution is 5.85. The van der Waals surface area contributed by atoms with Crippen molar-refractivity contribution in [3.63, 3.8) is 0 Å². The van der Waals surface area contributed by atoms with Crippen LogP contribution in [0, 0.1) is 11.6 Å². The highest BCUT2D eigenvalue weighted by Crippen LogP contribution is 2.43. The highest BCUT2D eigenvalue weighted by atomic mass is 19.3. The van der Waals surface area contributed by atoms with Crippen molar-refractivity contribution >= 4 is 28.5 Å². The molecule has 4 atom stereocenters. The molecule has 0 aliphatic carbocycles. The van der Waals surface area contributed by atoms with Gasteiger partial charge in [-0.2, -0.15) is 0 Å². The van der Waals surface area contributed by atoms with Crippen LogP contribution in [0.3, 0.4) is 0 Å². The van der Waals surface area contributed by atoms with Gasteiger partial charge < -0.3 is 35.8 Å². The zero-order chi connectivity index (χ0) is 34.6. The van der Waals surface area contributed by atoms with Crippen LogP contribution in [0.15, 0.2) is 36.4 Å². The molecule has 3 heterocycles. The lowest BCUT2D eigenvalue weighted by atomic mass is 9.87. The van der Waals surface area contributed by atoms with Crippen molar-refractivity contribution < 1.29 is 57.1 Å². The van der Waals surface area contributed by atoms with Crippen LogP contribution in [0.25, 0.3) is 10.9 Å². The minimum Gasteiger partial charge on any atom is -0.479 e. The van der Waals surface area contributed by atoms with Crippen LogP contribution in [0.5, 0.6) is 0 Å². The molecule has 3 aromatic rings. The van der Waals surface area contributed by atoms with Crippen LogP contribution in [0.2, 0.25) is 0 Å². The number of aliphatic carboxylic acids is 2. The van der Waals surface area contributed by atoms with Gasteiger partial charge in [-0.3, -0.25) is 14.2 Å². The molecule has 1 aromatic heterocycles. The molecule has 2 aliphatic rings. The zero-order valence-corrected chi connectivity index (χ0v) is 25.3. The summed E-state index contributed by atoms with van der Waals surface area (Å²) in [6, 6.07) is 8.25. The van der Waals surface area contributed by atoms with E-state index in [1.54, 1.807) is 6.92 Å². The van der Waals surface area contributed by atoms with Crippen molar-refractivity contribution in [2.24, 2.45) is 0 Å². The minimum absolute atomic E-state index is 0.0148. The molecule has 11 nitrogen and oxygen atoms in total. The molecule has 0 spiro atoms. The molecule has 0 bridgehead atoms. The second kappa shape index (κ2) is 14.9. The first kappa shape index (κ1) is 36.0. The molecule has 1 saturated heterocycles. The number of hydrogen-bond acceptors (Lipinski definition) is 8. The van der Waals surface area contributed by atoms with Gasteiger partial charge in [-0.1, -0.05) is 18.2 Å². The topological polar surface area (TPSA) is 170 Å². The van der Waals surface area contributed by atoms with Crippen molar-refractivity contribution in [1.29, 1.82) is 0 Å². The maximum atomic E-state index is 15.7. The van der Waals surface area contributed by atoms with Gasteiger partial charge in [0.2, 0.25) is 0 Å². The predicted molar refractivity (Wildman–Crippen MR) is 160 cm³/mol. The fourth-order valence-corrected chi connectivity index (χ4v) is 5.94. The number of nitrogens with zero attached hydrogens (tertiary/aromatic N) is 2. The van der Waals surface area contributed by atoms with E-state index in [4.69, 9.17) is 20.4 Å². The number of hydrogen-bond donors (Lipinski definition) is 7. The molecule has 1 fully saturated rings. The lowest BCUT2D eigenvalue weighted by Gasteiger charge is -2.42. The molecule has 16 heteroatoms. The monoisotopic (exact) mass is 672 g/mol. The first-order valence-electron chi connectivity index (χ1n) is 14.9. The summed E-state index contributed by atoms with van der Waals surface area (Å²) in [5.41, 5.74) is 2.05. The molecular weight excluding hydrogens is 635 g/mol. The number of likely N-dealkylation sites (tertiary alicyclic amines) is 1. The van der Waals surface area contributed by atoms with Crippen molar-refractivity contribution in [2.45, 2.75) is 56.0 Å². The molecule has 2 aliphatic heterocycles. The number of fused-ring (bicyclic) bond motifs is 3. The Morgan fingerprint density at radius 3 is 2.21 bits per heavy atom. The van der Waals surface area contributed by atoms with Crippen LogP contribution in [0.1, 0.15) is 36.2 Å². The summed E-state index contributed by atoms with van der Waals surface area (Å²) in [6.07, 6.45) is -3.66. The van der Waals surface area contributed by atoms with Crippen LogP contribution >= 0.6 is 0 Å². The lowest BCUT2D eigenvalue weighted by Crippen LogP contribution is -2.54. The standard InChI is InChI=1S/C27H31F5N4O.C4H6O6/c1-16-9-20-19-5-2-3-6-23(19)34-25(20)26(36(16)14-27(31,32)15-37)24-21(29)10-17(11-22(24)30)33-18-12-35(13-18)8-4-7-28;5-1(3(7)8)2(6)4(9)10/h2-3,5-6,10-11,16,18,26,33-34,37H,4,7-9,12-15H2,1H3;1-2,5-6H,(H,7,8)(H,9,10)/t16-,26-;/m1./s1. The maximum absolute atomic E-state index is 15.7. The Hall–Kier alpha value is -3.83. The molecule has 0 amide bonds. The van der Waals surface area contributed by atoms with Gasteiger partial charge in [0.1, 0.15) is 18.2 Å². The van der Waals surface area contributed by atoms with E-state index in [9.17, 15) is 27.9 Å². The molecule has 2 unspecified atom stereocenters. The smallest absolute Gasteiger partial charge is 0.335 e. The Bertz CT molecular complexity index is 1530. The predicted octanol–water partition coefficient (Wildman–Crippen LogP) is 2.74. The number of aromatic amines is 1. The maximum Gasteiger partial charge on any atom is 0.335 e. The van der Waals surface area contributed by atoms with Gasteiger partial charge in [0, 0.05) is 53.5 Å². The molecule has 7 N–H and O–H groups in total. The van der Waals surface area contributed by atoms with Crippen LogP contribution in [-0.2, 0) is 16.0 Å². The number of carbonyl (C=O) groups is 2. The summed E-state index contributed by atoms with van der Waals surface area (Å²) in [5, 5.41) is 45.8. The van der Waals surface area contributed by atoms with E-state index in [1.165, 1.54) is 17.0 Å². The Kier molecular flexibility index (Phi) is 11.4. The van der Waals surface area contributed by atoms with Crippen LogP contribution in [-0.4, -0.2) is 122 Å². The molecule has 0 saturated carbocycles. The summed E-state index contributed by atoms with van der Waals surface area (Å²) in [7, 11) is 0. The summed E-state index contributed by atoms with van der Waals surface area (Å²) < 4.78 is 72.5. The average Bonchev–Trinajstić information content (AvgIpc) is 3.36. The Morgan fingerprint density at radius 2 is 1.66 bits per heavy atom. The first-order chi connectivity index (χ1) is 22.2. The number of carboxylic acid groups (broad SMARTS) is 2. The normalized spacial score (nSPS) is 20.1. The molecule has 47 heavy (non-hydrogen) atoms. The van der Waals surface area contributed by atoms with Gasteiger partial charge in [-0.15, -0.1) is 0 Å². The minimum atomic E-state index is -3.44. The van der Waals surface area contributed by atoms with Gasteiger partial charge >= 0.3 is 11.9 Å². The SMILES string of the molecule is C[C@@H]1Cc2c([nH]c3ccccc23)[C@@H](c2c(F)cc(NC3CN(CCCF)C3)cc2F)N1CC(F)(F)CO.O=C(O)C(O)C(O)C(=O)O. The number of anilines is 1. The Morgan fingerprint density at radius 1 is 1.06 bits per heavy atom. The van der Waals surface area contributed by atoms with Gasteiger partial charge in [0.25, 0.3) is 5.92 Å². The van der Waals surface area contributed by atoms with E-state index in [0.717, 1.165) is 16.5 Å². The fourth-order valence-electron chi connectivity index (χ4n) is 5.94. The summed E-state index contributed by atoms with van der Waals surface area (Å²) in [5.74, 6) is -8.65. The number of alkyl halides is 3. The molecular formula is C31H37F5N4O7. The van der Waals surface area contributed by atoms with Gasteiger partial charge in [-0.25, -0.2) is 27.2 Å². The average molecular weight is 673 g/mol. The number of aromatic nitrogens is 1. The third-order valence-corrected chi connectivity index (χ3v) is 8.26. The highest BCUT2D eigenvalue weighted by Gasteiger charge is 2.43. The van der Waals surface area contributed by atoms with E-state index in [1.807, 2.05) is 24.3 Å². The number of carboxylic acids is 2. The number of H-pyrrole nitrogens is 1. The third kappa shape index (κ3) is 8.19. The largest absolute Gasteiger partial charge is 0.479 e. The second-order valence-electron chi connectivity index (χ2n) is 11.8. The fraction of sp³-hybridized carbons (Fsp3) is 0.484. The Balaban J connectivity index is 0.000000434. The van der Waals surface area contributed by atoms with Gasteiger partial charge in [0.15, 0.2) is 12.2 Å². The second-order valence-corrected chi connectivity index (χ2v) is 11.8. The van der Waals surface area contributed by atoms with E-state index in [-0.39, 0.29) is 24.0 Å². The number of aliphatic hydroxyl groups is 3. The molecule has 0 radical (unpaired) electrons. The van der Waals surface area contributed by atoms with E-state index < -0.39 is 66.9 Å². The van der Waals surface area contributed by atoms with Crippen molar-refractivity contribution in [2.75, 3.05) is 44.8 Å². The number of benzene rings is 2. The summed E-state index contributed by atoms with van der Waals surface area (Å²) >= 11 is 0. The van der Waals surface area contributed by atoms with E-state index in [0.29, 0.717) is 38.2 Å². The Labute approximate surface area is 266 Å². The lowest BCUT2D eigenvalue weighted by molar-refractivity contribution is -0.165. The zero-order valence-electron chi connectivity index (χ0n) is 25.3. The number of rotatable bonds is 12. The van der Waals surface area contributed by atoms with Crippen molar-refractivity contribution in [1.82, 2.24) is 14.8 Å². The summed E-state index contributed by atoms with van der Waals surface area (Å²) in [6.45, 7) is 1.09. The molecule has 2 aromatic carbocycles. The quantitative estimate of drug-likeness (QED) is 0.142. The number of para-hydroxylation sites is 1. The van der Waals surface area contributed by atoms with Crippen LogP contribution < -0.4 is 5.32 Å². The number of nitrogens with one attached hydrogen (secondary N) is 2. The summed E-state index contributed by atoms with van der Waals surface area (Å²) in [4.78, 5) is 26.2. The number of halogens is 5. The van der Waals surface area contributed by atoms with Gasteiger partial charge in [-0.05, 0) is 43.5 Å². The first-order valence-corrected chi connectivity index (χ1v) is 14.9. The van der Waals surface area contributed by atoms with E-state index >= 15 is 8.78 Å². The number of aliphatic hydroxyl groups excluding tert-OH is 3. The molecule has 5 rings (SSSR count). The van der Waals surface area contributed by atoms with Crippen molar-refractivity contribution in [3.8, 4) is 0 Å². The van der Waals surface area contributed by atoms with Gasteiger partial charge in [0.05, 0.1) is 25.3 Å². The van der Waals surface area contributed by atoms with Crippen LogP contribution in [0.4, 0.5) is 27.6 Å². The van der Waals surface area contributed by atoms with Crippen molar-refractivity contribution in [3.05, 3.63) is 64.9 Å². The molecule has 258 valence electrons. The third-order valence-electron chi connectivity index (χ3n) is 8.26. The van der Waals surface area contributed by atoms with E-state index in [2.05, 4.69) is 15.2 Å².